The van der Waals surface area contributed by atoms with E-state index in [2.05, 4.69) is 25.5 Å². The second-order valence-electron chi connectivity index (χ2n) is 3.87. The van der Waals surface area contributed by atoms with Crippen molar-refractivity contribution in [2.45, 2.75) is 12.3 Å². The lowest BCUT2D eigenvalue weighted by Crippen LogP contribution is -2.36. The van der Waals surface area contributed by atoms with Crippen LogP contribution in [0.3, 0.4) is 0 Å². The van der Waals surface area contributed by atoms with E-state index in [1.807, 2.05) is 0 Å². The fourth-order valence-electron chi connectivity index (χ4n) is 1.91. The molecule has 16 heavy (non-hydrogen) atoms. The molecule has 0 radical (unpaired) electrons. The summed E-state index contributed by atoms with van der Waals surface area (Å²) >= 11 is 0. The summed E-state index contributed by atoms with van der Waals surface area (Å²) in [6.45, 7) is 1.38. The highest BCUT2D eigenvalue weighted by molar-refractivity contribution is 5.86. The number of carbonyl (C=O) groups excluding carboxylic acids is 1. The number of piperidine rings is 1. The van der Waals surface area contributed by atoms with Crippen molar-refractivity contribution in [3.63, 3.8) is 0 Å². The van der Waals surface area contributed by atoms with Crippen LogP contribution in [0.4, 0.5) is 0 Å². The molecule has 1 saturated heterocycles. The highest BCUT2D eigenvalue weighted by atomic mass is 16.1. The number of nitrogens with zero attached hydrogens (tertiary/aromatic N) is 3. The van der Waals surface area contributed by atoms with Crippen LogP contribution in [-0.4, -0.2) is 39.0 Å². The lowest BCUT2D eigenvalue weighted by molar-refractivity contribution is -0.121. The van der Waals surface area contributed by atoms with Crippen LogP contribution < -0.4 is 5.32 Å². The van der Waals surface area contributed by atoms with Crippen molar-refractivity contribution in [1.29, 1.82) is 0 Å². The van der Waals surface area contributed by atoms with E-state index in [4.69, 9.17) is 0 Å². The maximum absolute atomic E-state index is 11.7. The van der Waals surface area contributed by atoms with E-state index in [1.165, 1.54) is 0 Å². The summed E-state index contributed by atoms with van der Waals surface area (Å²) in [5, 5.41) is 9.85. The maximum atomic E-state index is 11.7. The highest BCUT2D eigenvalue weighted by Crippen LogP contribution is 2.18. The molecule has 2 aromatic rings. The number of hydrogen-bond acceptors (Lipinski definition) is 5. The number of aromatic nitrogens is 4. The molecule has 0 amide bonds. The number of hydrogen-bond donors (Lipinski definition) is 2. The Balaban J connectivity index is 2.00. The van der Waals surface area contributed by atoms with Gasteiger partial charge in [-0.15, -0.1) is 0 Å². The highest BCUT2D eigenvalue weighted by Gasteiger charge is 2.26. The Kier molecular flexibility index (Phi) is 2.14. The molecule has 0 saturated carbocycles. The van der Waals surface area contributed by atoms with E-state index in [1.54, 1.807) is 12.4 Å². The standard InChI is InChI=1S/C10H11N5O/c16-9-1-2-11-3-6(9)10-12-4-8-7(14-10)5-13-15-8/h4-6,11H,1-3H2,(H,13,15). The molecular formula is C10H11N5O. The molecule has 3 rings (SSSR count). The Morgan fingerprint density at radius 3 is 3.19 bits per heavy atom. The molecule has 82 valence electrons. The topological polar surface area (TPSA) is 83.6 Å². The zero-order valence-corrected chi connectivity index (χ0v) is 8.60. The van der Waals surface area contributed by atoms with Crippen LogP contribution in [0.2, 0.25) is 0 Å². The van der Waals surface area contributed by atoms with E-state index >= 15 is 0 Å². The van der Waals surface area contributed by atoms with Crippen LogP contribution in [0.5, 0.6) is 0 Å². The van der Waals surface area contributed by atoms with E-state index < -0.39 is 0 Å². The predicted molar refractivity (Wildman–Crippen MR) is 56.9 cm³/mol. The second kappa shape index (κ2) is 3.64. The van der Waals surface area contributed by atoms with Crippen LogP contribution in [-0.2, 0) is 4.79 Å². The van der Waals surface area contributed by atoms with Crippen molar-refractivity contribution in [3.8, 4) is 0 Å². The Morgan fingerprint density at radius 1 is 1.38 bits per heavy atom. The van der Waals surface area contributed by atoms with Gasteiger partial charge in [0.2, 0.25) is 0 Å². The third kappa shape index (κ3) is 1.47. The number of fused-ring (bicyclic) bond motifs is 1. The van der Waals surface area contributed by atoms with Gasteiger partial charge >= 0.3 is 0 Å². The van der Waals surface area contributed by atoms with Gasteiger partial charge < -0.3 is 5.32 Å². The second-order valence-corrected chi connectivity index (χ2v) is 3.87. The van der Waals surface area contributed by atoms with Crippen LogP contribution in [0.15, 0.2) is 12.4 Å². The Hall–Kier alpha value is -1.82. The van der Waals surface area contributed by atoms with Crippen LogP contribution in [0, 0.1) is 0 Å². The third-order valence-corrected chi connectivity index (χ3v) is 2.81. The molecule has 0 aromatic carbocycles. The van der Waals surface area contributed by atoms with Gasteiger partial charge in [0, 0.05) is 19.5 Å². The van der Waals surface area contributed by atoms with Crippen LogP contribution in [0.25, 0.3) is 11.0 Å². The van der Waals surface area contributed by atoms with Crippen molar-refractivity contribution >= 4 is 16.8 Å². The summed E-state index contributed by atoms with van der Waals surface area (Å²) in [6.07, 6.45) is 3.87. The molecular weight excluding hydrogens is 206 g/mol. The molecule has 6 nitrogen and oxygen atoms in total. The van der Waals surface area contributed by atoms with Crippen molar-refractivity contribution in [2.75, 3.05) is 13.1 Å². The van der Waals surface area contributed by atoms with Gasteiger partial charge in [-0.25, -0.2) is 9.97 Å². The Labute approximate surface area is 91.5 Å². The molecule has 0 spiro atoms. The largest absolute Gasteiger partial charge is 0.315 e. The minimum Gasteiger partial charge on any atom is -0.315 e. The monoisotopic (exact) mass is 217 g/mol. The van der Waals surface area contributed by atoms with Crippen molar-refractivity contribution in [3.05, 3.63) is 18.2 Å². The van der Waals surface area contributed by atoms with Gasteiger partial charge in [0.15, 0.2) is 0 Å². The fourth-order valence-corrected chi connectivity index (χ4v) is 1.91. The van der Waals surface area contributed by atoms with Gasteiger partial charge in [-0.2, -0.15) is 5.10 Å². The lowest BCUT2D eigenvalue weighted by Gasteiger charge is -2.19. The SMILES string of the molecule is O=C1CCNCC1c1ncc2[nH]ncc2n1. The summed E-state index contributed by atoms with van der Waals surface area (Å²) in [4.78, 5) is 20.3. The molecule has 1 fully saturated rings. The molecule has 1 unspecified atom stereocenters. The minimum atomic E-state index is -0.215. The molecule has 0 aliphatic carbocycles. The Morgan fingerprint density at radius 2 is 2.31 bits per heavy atom. The molecule has 2 N–H and O–H groups in total. The van der Waals surface area contributed by atoms with Gasteiger partial charge in [0.1, 0.15) is 22.6 Å². The first-order valence-corrected chi connectivity index (χ1v) is 5.24. The summed E-state index contributed by atoms with van der Waals surface area (Å²) in [5.74, 6) is 0.584. The molecule has 1 atom stereocenters. The van der Waals surface area contributed by atoms with Crippen LogP contribution >= 0.6 is 0 Å². The van der Waals surface area contributed by atoms with Gasteiger partial charge in [-0.1, -0.05) is 0 Å². The fraction of sp³-hybridized carbons (Fsp3) is 0.400. The van der Waals surface area contributed by atoms with E-state index in [-0.39, 0.29) is 11.7 Å². The summed E-state index contributed by atoms with van der Waals surface area (Å²) in [6, 6.07) is 0. The number of Topliss-reactive ketones (excluding diaryl/α,β-unsaturated/α-hetero) is 1. The van der Waals surface area contributed by atoms with Crippen molar-refractivity contribution < 1.29 is 4.79 Å². The maximum Gasteiger partial charge on any atom is 0.146 e. The van der Waals surface area contributed by atoms with Crippen molar-refractivity contribution in [1.82, 2.24) is 25.5 Å². The number of H-pyrrole nitrogens is 1. The first kappa shape index (κ1) is 9.41. The van der Waals surface area contributed by atoms with E-state index in [0.717, 1.165) is 17.6 Å². The van der Waals surface area contributed by atoms with Crippen LogP contribution in [0.1, 0.15) is 18.2 Å². The average Bonchev–Trinajstić information content (AvgIpc) is 2.76. The van der Waals surface area contributed by atoms with Gasteiger partial charge in [-0.05, 0) is 0 Å². The smallest absolute Gasteiger partial charge is 0.146 e. The zero-order valence-electron chi connectivity index (χ0n) is 8.60. The third-order valence-electron chi connectivity index (χ3n) is 2.81. The number of aromatic amines is 1. The van der Waals surface area contributed by atoms with Crippen molar-refractivity contribution in [2.24, 2.45) is 0 Å². The average molecular weight is 217 g/mol. The summed E-state index contributed by atoms with van der Waals surface area (Å²) in [7, 11) is 0. The molecule has 1 aliphatic rings. The number of carbonyl (C=O) groups is 1. The first-order valence-electron chi connectivity index (χ1n) is 5.24. The molecule has 6 heteroatoms. The molecule has 2 aromatic heterocycles. The van der Waals surface area contributed by atoms with E-state index in [0.29, 0.717) is 18.8 Å². The first-order chi connectivity index (χ1) is 7.84. The van der Waals surface area contributed by atoms with Gasteiger partial charge in [0.25, 0.3) is 0 Å². The number of nitrogens with one attached hydrogen (secondary N) is 2. The summed E-state index contributed by atoms with van der Waals surface area (Å²) in [5.41, 5.74) is 1.54. The minimum absolute atomic E-state index is 0.210. The predicted octanol–water partition coefficient (Wildman–Crippen LogP) is -0.00110. The molecule has 3 heterocycles. The van der Waals surface area contributed by atoms with Gasteiger partial charge in [-0.3, -0.25) is 9.89 Å². The molecule has 0 bridgehead atoms. The molecule has 1 aliphatic heterocycles. The Bertz CT molecular complexity index is 535. The number of rotatable bonds is 1. The van der Waals surface area contributed by atoms with E-state index in [9.17, 15) is 4.79 Å². The normalized spacial score (nSPS) is 21.5. The quantitative estimate of drug-likeness (QED) is 0.702. The summed E-state index contributed by atoms with van der Waals surface area (Å²) < 4.78 is 0. The lowest BCUT2D eigenvalue weighted by atomic mass is 9.97. The van der Waals surface area contributed by atoms with Gasteiger partial charge in [0.05, 0.1) is 18.3 Å². The number of ketones is 1. The zero-order chi connectivity index (χ0) is 11.0.